The third-order valence-corrected chi connectivity index (χ3v) is 8.88. The van der Waals surface area contributed by atoms with Gasteiger partial charge in [0.2, 0.25) is 0 Å². The van der Waals surface area contributed by atoms with Gasteiger partial charge in [0.25, 0.3) is 5.91 Å². The van der Waals surface area contributed by atoms with Gasteiger partial charge in [0, 0.05) is 18.0 Å². The number of hydrogen-bond acceptors (Lipinski definition) is 4. The maximum Gasteiger partial charge on any atom is 0.265 e. The molecule has 1 amide bonds. The SMILES string of the molecule is O=C1N(CCCN2CCC(c3nc4ccccc4[nH]3)CC2)C(c2ccccc2)=NC1(c1ccc(F)cc1)c1ccc(F)cc1. The molecule has 0 saturated carbocycles. The van der Waals surface area contributed by atoms with E-state index in [0.29, 0.717) is 29.4 Å². The van der Waals surface area contributed by atoms with Gasteiger partial charge >= 0.3 is 0 Å². The normalized spacial score (nSPS) is 17.4. The Morgan fingerprint density at radius 3 is 2.02 bits per heavy atom. The second-order valence-corrected chi connectivity index (χ2v) is 11.6. The van der Waals surface area contributed by atoms with Gasteiger partial charge < -0.3 is 9.88 Å². The number of aromatic amines is 1. The first-order valence-electron chi connectivity index (χ1n) is 15.2. The first-order chi connectivity index (χ1) is 21.5. The molecule has 5 aromatic rings. The number of amides is 1. The second kappa shape index (κ2) is 11.8. The predicted molar refractivity (Wildman–Crippen MR) is 167 cm³/mol. The van der Waals surface area contributed by atoms with Crippen LogP contribution in [0.5, 0.6) is 0 Å². The Kier molecular flexibility index (Phi) is 7.52. The average molecular weight is 590 g/mol. The van der Waals surface area contributed by atoms with Crippen LogP contribution in [-0.4, -0.2) is 57.7 Å². The Morgan fingerprint density at radius 2 is 1.39 bits per heavy atom. The van der Waals surface area contributed by atoms with Crippen LogP contribution in [0.1, 0.15) is 47.7 Å². The summed E-state index contributed by atoms with van der Waals surface area (Å²) in [6.07, 6.45) is 2.81. The molecule has 222 valence electrons. The van der Waals surface area contributed by atoms with Crippen LogP contribution in [0, 0.1) is 11.6 Å². The molecule has 0 radical (unpaired) electrons. The van der Waals surface area contributed by atoms with Crippen LogP contribution >= 0.6 is 0 Å². The highest BCUT2D eigenvalue weighted by Crippen LogP contribution is 2.41. The van der Waals surface area contributed by atoms with E-state index in [1.54, 1.807) is 29.2 Å². The summed E-state index contributed by atoms with van der Waals surface area (Å²) in [7, 11) is 0. The van der Waals surface area contributed by atoms with Gasteiger partial charge in [-0.25, -0.2) is 18.8 Å². The van der Waals surface area contributed by atoms with Crippen molar-refractivity contribution in [3.63, 3.8) is 0 Å². The van der Waals surface area contributed by atoms with Crippen LogP contribution in [0.2, 0.25) is 0 Å². The van der Waals surface area contributed by atoms with Crippen LogP contribution in [0.25, 0.3) is 11.0 Å². The number of piperidine rings is 1. The molecule has 3 heterocycles. The monoisotopic (exact) mass is 589 g/mol. The lowest BCUT2D eigenvalue weighted by Crippen LogP contribution is -2.43. The van der Waals surface area contributed by atoms with E-state index in [1.807, 2.05) is 48.5 Å². The Balaban J connectivity index is 1.11. The molecule has 1 N–H and O–H groups in total. The molecule has 1 fully saturated rings. The maximum atomic E-state index is 14.5. The van der Waals surface area contributed by atoms with Crippen LogP contribution < -0.4 is 0 Å². The molecule has 2 aliphatic rings. The summed E-state index contributed by atoms with van der Waals surface area (Å²) in [5, 5.41) is 0. The minimum atomic E-state index is -1.45. The molecule has 7 rings (SSSR count). The van der Waals surface area contributed by atoms with Gasteiger partial charge in [-0.3, -0.25) is 9.69 Å². The molecule has 44 heavy (non-hydrogen) atoms. The molecule has 0 spiro atoms. The molecular formula is C36H33F2N5O. The number of imidazole rings is 1. The van der Waals surface area contributed by atoms with E-state index < -0.39 is 17.2 Å². The number of nitrogens with zero attached hydrogens (tertiary/aromatic N) is 4. The summed E-state index contributed by atoms with van der Waals surface area (Å²) in [6.45, 7) is 3.24. The number of para-hydroxylation sites is 2. The number of rotatable bonds is 8. The minimum absolute atomic E-state index is 0.224. The summed E-state index contributed by atoms with van der Waals surface area (Å²) in [6, 6.07) is 29.5. The van der Waals surface area contributed by atoms with E-state index in [4.69, 9.17) is 9.98 Å². The highest BCUT2D eigenvalue weighted by molar-refractivity contribution is 6.16. The number of carbonyl (C=O) groups excluding carboxylic acids is 1. The molecule has 0 atom stereocenters. The summed E-state index contributed by atoms with van der Waals surface area (Å²) in [5.41, 5.74) is 2.54. The number of likely N-dealkylation sites (tertiary alicyclic amines) is 1. The predicted octanol–water partition coefficient (Wildman–Crippen LogP) is 6.64. The molecule has 8 heteroatoms. The van der Waals surface area contributed by atoms with E-state index >= 15 is 0 Å². The van der Waals surface area contributed by atoms with Gasteiger partial charge in [-0.05, 0) is 86.4 Å². The van der Waals surface area contributed by atoms with Gasteiger partial charge in [-0.15, -0.1) is 0 Å². The van der Waals surface area contributed by atoms with E-state index in [1.165, 1.54) is 24.3 Å². The van der Waals surface area contributed by atoms with Gasteiger partial charge in [0.15, 0.2) is 5.54 Å². The standard InChI is InChI=1S/C36H33F2N5O/c37-29-15-11-27(12-16-29)36(28-13-17-30(38)18-14-28)35(44)43(34(41-36)26-7-2-1-3-8-26)22-6-21-42-23-19-25(20-24-42)33-39-31-9-4-5-10-32(31)40-33/h1-5,7-18,25H,6,19-24H2,(H,39,40). The molecule has 2 aliphatic heterocycles. The molecule has 0 aliphatic carbocycles. The first kappa shape index (κ1) is 28.1. The molecule has 4 aromatic carbocycles. The van der Waals surface area contributed by atoms with Gasteiger partial charge in [-0.1, -0.05) is 66.7 Å². The fraction of sp³-hybridized carbons (Fsp3) is 0.250. The topological polar surface area (TPSA) is 64.6 Å². The van der Waals surface area contributed by atoms with Crippen molar-refractivity contribution in [3.8, 4) is 0 Å². The summed E-state index contributed by atoms with van der Waals surface area (Å²) < 4.78 is 28.0. The smallest absolute Gasteiger partial charge is 0.265 e. The van der Waals surface area contributed by atoms with Gasteiger partial charge in [-0.2, -0.15) is 0 Å². The van der Waals surface area contributed by atoms with E-state index in [0.717, 1.165) is 61.3 Å². The lowest BCUT2D eigenvalue weighted by atomic mass is 9.82. The molecule has 0 unspecified atom stereocenters. The molecule has 1 saturated heterocycles. The third-order valence-electron chi connectivity index (χ3n) is 8.88. The summed E-state index contributed by atoms with van der Waals surface area (Å²) in [5.74, 6) is 1.01. The number of fused-ring (bicyclic) bond motifs is 1. The van der Waals surface area contributed by atoms with Crippen molar-refractivity contribution < 1.29 is 13.6 Å². The number of aromatic nitrogens is 2. The fourth-order valence-corrected chi connectivity index (χ4v) is 6.55. The van der Waals surface area contributed by atoms with Crippen molar-refractivity contribution in [1.29, 1.82) is 0 Å². The van der Waals surface area contributed by atoms with Gasteiger partial charge in [0.1, 0.15) is 23.3 Å². The lowest BCUT2D eigenvalue weighted by Gasteiger charge is -2.32. The number of amidine groups is 1. The Hall–Kier alpha value is -4.69. The van der Waals surface area contributed by atoms with Crippen LogP contribution in [-0.2, 0) is 10.3 Å². The quantitative estimate of drug-likeness (QED) is 0.221. The molecular weight excluding hydrogens is 556 g/mol. The highest BCUT2D eigenvalue weighted by Gasteiger charge is 2.51. The maximum absolute atomic E-state index is 14.5. The number of hydrogen-bond donors (Lipinski definition) is 1. The fourth-order valence-electron chi connectivity index (χ4n) is 6.55. The minimum Gasteiger partial charge on any atom is -0.342 e. The molecule has 0 bridgehead atoms. The Morgan fingerprint density at radius 1 is 0.773 bits per heavy atom. The van der Waals surface area contributed by atoms with Crippen molar-refractivity contribution in [3.05, 3.63) is 137 Å². The zero-order valence-electron chi connectivity index (χ0n) is 24.3. The van der Waals surface area contributed by atoms with Crippen molar-refractivity contribution in [2.45, 2.75) is 30.7 Å². The highest BCUT2D eigenvalue weighted by atomic mass is 19.1. The number of aliphatic imine (C=N–C) groups is 1. The number of benzene rings is 4. The van der Waals surface area contributed by atoms with Crippen LogP contribution in [0.4, 0.5) is 8.78 Å². The van der Waals surface area contributed by atoms with Gasteiger partial charge in [0.05, 0.1) is 11.0 Å². The van der Waals surface area contributed by atoms with Crippen LogP contribution in [0.15, 0.2) is 108 Å². The third kappa shape index (κ3) is 5.19. The number of carbonyl (C=O) groups is 1. The molecule has 6 nitrogen and oxygen atoms in total. The Labute approximate surface area is 255 Å². The average Bonchev–Trinajstić information content (AvgIpc) is 3.62. The zero-order valence-corrected chi connectivity index (χ0v) is 24.3. The van der Waals surface area contributed by atoms with E-state index in [-0.39, 0.29) is 5.91 Å². The number of H-pyrrole nitrogens is 1. The lowest BCUT2D eigenvalue weighted by molar-refractivity contribution is -0.130. The second-order valence-electron chi connectivity index (χ2n) is 11.6. The number of nitrogens with one attached hydrogen (secondary N) is 1. The van der Waals surface area contributed by atoms with E-state index in [9.17, 15) is 13.6 Å². The van der Waals surface area contributed by atoms with Crippen molar-refractivity contribution in [2.24, 2.45) is 4.99 Å². The zero-order chi connectivity index (χ0) is 30.1. The van der Waals surface area contributed by atoms with E-state index in [2.05, 4.69) is 16.0 Å². The largest absolute Gasteiger partial charge is 0.342 e. The molecule has 1 aromatic heterocycles. The number of halogens is 2. The summed E-state index contributed by atoms with van der Waals surface area (Å²) >= 11 is 0. The summed E-state index contributed by atoms with van der Waals surface area (Å²) in [4.78, 5) is 32.2. The van der Waals surface area contributed by atoms with Crippen molar-refractivity contribution in [1.82, 2.24) is 19.8 Å². The first-order valence-corrected chi connectivity index (χ1v) is 15.2. The van der Waals surface area contributed by atoms with Crippen LogP contribution in [0.3, 0.4) is 0 Å². The van der Waals surface area contributed by atoms with Crippen molar-refractivity contribution in [2.75, 3.05) is 26.2 Å². The Bertz CT molecular complexity index is 1710. The van der Waals surface area contributed by atoms with Crippen molar-refractivity contribution >= 4 is 22.8 Å².